The summed E-state index contributed by atoms with van der Waals surface area (Å²) in [5.41, 5.74) is 6.83. The third kappa shape index (κ3) is 2.03. The van der Waals surface area contributed by atoms with Crippen LogP contribution in [0.1, 0.15) is 17.8 Å². The van der Waals surface area contributed by atoms with Gasteiger partial charge in [0, 0.05) is 41.4 Å². The molecule has 1 atom stereocenters. The van der Waals surface area contributed by atoms with Crippen molar-refractivity contribution in [3.8, 4) is 0 Å². The van der Waals surface area contributed by atoms with Gasteiger partial charge in [-0.3, -0.25) is 9.98 Å². The largest absolute Gasteiger partial charge is 0.256 e. The molecule has 1 unspecified atom stereocenters. The van der Waals surface area contributed by atoms with E-state index in [1.54, 1.807) is 6.20 Å². The van der Waals surface area contributed by atoms with Gasteiger partial charge in [-0.1, -0.05) is 24.3 Å². The van der Waals surface area contributed by atoms with E-state index in [9.17, 15) is 0 Å². The molecule has 3 aromatic heterocycles. The number of nitrogens with zero attached hydrogens (tertiary/aromatic N) is 5. The Hall–Kier alpha value is -3.34. The fraction of sp³-hybridized carbons (Fsp3) is 0.143. The molecule has 1 aromatic carbocycles. The molecule has 0 amide bonds. The maximum atomic E-state index is 4.88. The van der Waals surface area contributed by atoms with E-state index in [2.05, 4.69) is 34.4 Å². The van der Waals surface area contributed by atoms with Crippen molar-refractivity contribution < 1.29 is 0 Å². The summed E-state index contributed by atoms with van der Waals surface area (Å²) in [6.07, 6.45) is 7.71. The van der Waals surface area contributed by atoms with Crippen LogP contribution in [0.15, 0.2) is 65.9 Å². The molecular formula is C21H15N5. The van der Waals surface area contributed by atoms with E-state index in [0.29, 0.717) is 5.92 Å². The molecule has 5 nitrogen and oxygen atoms in total. The zero-order valence-electron chi connectivity index (χ0n) is 14.0. The topological polar surface area (TPSA) is 55.4 Å². The van der Waals surface area contributed by atoms with Crippen LogP contribution in [0, 0.1) is 5.92 Å². The van der Waals surface area contributed by atoms with Gasteiger partial charge >= 0.3 is 0 Å². The summed E-state index contributed by atoms with van der Waals surface area (Å²) in [7, 11) is 0. The minimum Gasteiger partial charge on any atom is -0.256 e. The molecule has 124 valence electrons. The monoisotopic (exact) mass is 337 g/mol. The molecule has 0 saturated carbocycles. The lowest BCUT2D eigenvalue weighted by atomic mass is 9.98. The third-order valence-corrected chi connectivity index (χ3v) is 5.14. The highest BCUT2D eigenvalue weighted by Crippen LogP contribution is 2.48. The average Bonchev–Trinajstić information content (AvgIpc) is 3.38. The molecule has 0 radical (unpaired) electrons. The quantitative estimate of drug-likeness (QED) is 0.567. The average molecular weight is 337 g/mol. The van der Waals surface area contributed by atoms with Gasteiger partial charge in [-0.05, 0) is 36.3 Å². The van der Waals surface area contributed by atoms with Crippen LogP contribution < -0.4 is 0 Å². The van der Waals surface area contributed by atoms with Crippen LogP contribution in [-0.2, 0) is 6.42 Å². The normalized spacial score (nSPS) is 17.6. The highest BCUT2D eigenvalue weighted by atomic mass is 15.3. The maximum absolute atomic E-state index is 4.88. The summed E-state index contributed by atoms with van der Waals surface area (Å²) in [6.45, 7) is 0. The molecule has 4 aromatic rings. The Labute approximate surface area is 149 Å². The molecule has 5 heteroatoms. The van der Waals surface area contributed by atoms with Gasteiger partial charge in [0.25, 0.3) is 0 Å². The van der Waals surface area contributed by atoms with Crippen molar-refractivity contribution in [2.75, 3.05) is 0 Å². The molecule has 0 saturated heterocycles. The van der Waals surface area contributed by atoms with Crippen molar-refractivity contribution in [3.05, 3.63) is 72.3 Å². The van der Waals surface area contributed by atoms with Gasteiger partial charge in [0.2, 0.25) is 0 Å². The van der Waals surface area contributed by atoms with Crippen LogP contribution in [-0.4, -0.2) is 25.3 Å². The molecular weight excluding hydrogens is 322 g/mol. The second-order valence-electron chi connectivity index (χ2n) is 6.77. The molecule has 0 fully saturated rings. The van der Waals surface area contributed by atoms with Crippen LogP contribution in [0.25, 0.3) is 22.1 Å². The molecule has 1 aliphatic carbocycles. The van der Waals surface area contributed by atoms with Gasteiger partial charge < -0.3 is 0 Å². The van der Waals surface area contributed by atoms with E-state index in [1.807, 2.05) is 35.0 Å². The molecule has 4 heterocycles. The molecule has 2 aliphatic rings. The number of aliphatic imine (C=N–C) groups is 1. The fourth-order valence-corrected chi connectivity index (χ4v) is 3.80. The van der Waals surface area contributed by atoms with Gasteiger partial charge in [-0.25, -0.2) is 9.50 Å². The van der Waals surface area contributed by atoms with Crippen molar-refractivity contribution in [2.45, 2.75) is 12.8 Å². The number of para-hydroxylation sites is 1. The van der Waals surface area contributed by atoms with Crippen molar-refractivity contribution in [1.82, 2.24) is 19.6 Å². The van der Waals surface area contributed by atoms with Gasteiger partial charge in [0.1, 0.15) is 0 Å². The van der Waals surface area contributed by atoms with Crippen LogP contribution in [0.5, 0.6) is 0 Å². The number of pyridine rings is 2. The number of aromatic nitrogens is 4. The lowest BCUT2D eigenvalue weighted by molar-refractivity contribution is 0.856. The Morgan fingerprint density at radius 1 is 1.00 bits per heavy atom. The van der Waals surface area contributed by atoms with Crippen molar-refractivity contribution in [3.63, 3.8) is 0 Å². The van der Waals surface area contributed by atoms with Crippen molar-refractivity contribution in [1.29, 1.82) is 0 Å². The van der Waals surface area contributed by atoms with E-state index in [0.717, 1.165) is 40.9 Å². The van der Waals surface area contributed by atoms with E-state index in [-0.39, 0.29) is 0 Å². The van der Waals surface area contributed by atoms with E-state index < -0.39 is 0 Å². The Bertz CT molecular complexity index is 1250. The number of allylic oxidation sites excluding steroid dienone is 2. The predicted molar refractivity (Wildman–Crippen MR) is 102 cm³/mol. The minimum atomic E-state index is 0.423. The van der Waals surface area contributed by atoms with Gasteiger partial charge in [0.05, 0.1) is 11.2 Å². The summed E-state index contributed by atoms with van der Waals surface area (Å²) < 4.78 is 1.85. The fourth-order valence-electron chi connectivity index (χ4n) is 3.80. The number of aryl methyl sites for hydroxylation is 1. The smallest absolute Gasteiger partial charge is 0.164 e. The first-order valence-electron chi connectivity index (χ1n) is 8.84. The SMILES string of the molecule is C1=C2c3ccccc3N=C(CCc3nc4c5cccnc5ccn4n3)C12. The van der Waals surface area contributed by atoms with Gasteiger partial charge in [-0.15, -0.1) is 0 Å². The predicted octanol–water partition coefficient (Wildman–Crippen LogP) is 4.01. The molecule has 1 aliphatic heterocycles. The number of hydrogen-bond donors (Lipinski definition) is 0. The van der Waals surface area contributed by atoms with Crippen LogP contribution in [0.4, 0.5) is 5.69 Å². The lowest BCUT2D eigenvalue weighted by Gasteiger charge is -2.14. The molecule has 0 N–H and O–H groups in total. The second kappa shape index (κ2) is 5.08. The summed E-state index contributed by atoms with van der Waals surface area (Å²) in [5, 5.41) is 5.67. The standard InChI is InChI=1S/C21H15N5/c1-2-6-18-13(4-1)15-12-16(15)19(23-18)7-8-20-24-21-14-5-3-10-22-17(14)9-11-26(21)25-20/h1-6,9-12,16H,7-8H2. The summed E-state index contributed by atoms with van der Waals surface area (Å²) in [5.74, 6) is 1.28. The number of rotatable bonds is 3. The maximum Gasteiger partial charge on any atom is 0.164 e. The number of fused-ring (bicyclic) bond motifs is 6. The zero-order valence-corrected chi connectivity index (χ0v) is 14.0. The summed E-state index contributed by atoms with van der Waals surface area (Å²) in [4.78, 5) is 14.0. The lowest BCUT2D eigenvalue weighted by Crippen LogP contribution is -2.09. The van der Waals surface area contributed by atoms with E-state index in [4.69, 9.17) is 9.98 Å². The molecule has 6 rings (SSSR count). The Morgan fingerprint density at radius 2 is 1.96 bits per heavy atom. The highest BCUT2D eigenvalue weighted by Gasteiger charge is 2.35. The van der Waals surface area contributed by atoms with Crippen molar-refractivity contribution in [2.24, 2.45) is 10.9 Å². The first-order valence-corrected chi connectivity index (χ1v) is 8.84. The Kier molecular flexibility index (Phi) is 2.72. The molecule has 26 heavy (non-hydrogen) atoms. The Morgan fingerprint density at radius 3 is 2.96 bits per heavy atom. The molecule has 0 spiro atoms. The summed E-state index contributed by atoms with van der Waals surface area (Å²) >= 11 is 0. The number of benzene rings is 1. The summed E-state index contributed by atoms with van der Waals surface area (Å²) in [6, 6.07) is 14.3. The van der Waals surface area contributed by atoms with Crippen LogP contribution >= 0.6 is 0 Å². The highest BCUT2D eigenvalue weighted by molar-refractivity contribution is 6.12. The minimum absolute atomic E-state index is 0.423. The zero-order chi connectivity index (χ0) is 17.1. The van der Waals surface area contributed by atoms with Crippen LogP contribution in [0.3, 0.4) is 0 Å². The first kappa shape index (κ1) is 13.9. The van der Waals surface area contributed by atoms with E-state index >= 15 is 0 Å². The first-order chi connectivity index (χ1) is 12.9. The number of hydrogen-bond acceptors (Lipinski definition) is 4. The Balaban J connectivity index is 1.31. The third-order valence-electron chi connectivity index (χ3n) is 5.14. The molecule has 0 bridgehead atoms. The van der Waals surface area contributed by atoms with Gasteiger partial charge in [-0.2, -0.15) is 5.10 Å². The van der Waals surface area contributed by atoms with Crippen molar-refractivity contribution >= 4 is 33.5 Å². The van der Waals surface area contributed by atoms with E-state index in [1.165, 1.54) is 16.8 Å². The van der Waals surface area contributed by atoms with Crippen LogP contribution in [0.2, 0.25) is 0 Å². The van der Waals surface area contributed by atoms with Gasteiger partial charge in [0.15, 0.2) is 11.5 Å². The second-order valence-corrected chi connectivity index (χ2v) is 6.77.